The van der Waals surface area contributed by atoms with E-state index >= 15 is 0 Å². The van der Waals surface area contributed by atoms with Gasteiger partial charge in [-0.2, -0.15) is 4.99 Å². The zero-order valence-electron chi connectivity index (χ0n) is 9.67. The minimum Gasteiger partial charge on any atom is -0.484 e. The summed E-state index contributed by atoms with van der Waals surface area (Å²) in [5, 5.41) is 1.83. The molecule has 1 heterocycles. The van der Waals surface area contributed by atoms with Gasteiger partial charge in [-0.05, 0) is 12.1 Å². The number of ether oxygens (including phenoxy) is 1. The van der Waals surface area contributed by atoms with E-state index in [0.717, 1.165) is 0 Å². The van der Waals surface area contributed by atoms with Crippen molar-refractivity contribution in [2.24, 2.45) is 12.0 Å². The lowest BCUT2D eigenvalue weighted by atomic mass is 10.3. The summed E-state index contributed by atoms with van der Waals surface area (Å²) < 4.78 is 19.7. The molecule has 0 N–H and O–H groups in total. The van der Waals surface area contributed by atoms with Crippen molar-refractivity contribution in [2.75, 3.05) is 6.61 Å². The molecule has 1 aromatic carbocycles. The fourth-order valence-corrected chi connectivity index (χ4v) is 2.02. The van der Waals surface area contributed by atoms with Crippen LogP contribution in [0.4, 0.5) is 4.39 Å². The number of carbonyl (C=O) groups excluding carboxylic acids is 1. The molecular formula is C12H11FN2O2S. The molecule has 2 aromatic rings. The molecule has 1 amide bonds. The molecule has 0 aliphatic rings. The quantitative estimate of drug-likeness (QED) is 0.849. The van der Waals surface area contributed by atoms with Crippen LogP contribution in [0.15, 0.2) is 40.8 Å². The van der Waals surface area contributed by atoms with E-state index in [9.17, 15) is 9.18 Å². The summed E-state index contributed by atoms with van der Waals surface area (Å²) in [6.45, 7) is -0.207. The molecule has 0 spiro atoms. The Kier molecular flexibility index (Phi) is 3.88. The molecule has 6 heteroatoms. The van der Waals surface area contributed by atoms with Gasteiger partial charge in [-0.15, -0.1) is 11.3 Å². The van der Waals surface area contributed by atoms with Crippen LogP contribution in [0.2, 0.25) is 0 Å². The van der Waals surface area contributed by atoms with E-state index < -0.39 is 11.7 Å². The van der Waals surface area contributed by atoms with Crippen molar-refractivity contribution < 1.29 is 13.9 Å². The molecule has 4 nitrogen and oxygen atoms in total. The molecule has 0 atom stereocenters. The van der Waals surface area contributed by atoms with Gasteiger partial charge in [0.15, 0.2) is 11.4 Å². The number of hydrogen-bond donors (Lipinski definition) is 0. The SMILES string of the molecule is Cn1ccsc1=NC(=O)COc1cccc(F)c1. The number of benzene rings is 1. The van der Waals surface area contributed by atoms with Gasteiger partial charge in [0.2, 0.25) is 0 Å². The first-order valence-electron chi connectivity index (χ1n) is 5.21. The van der Waals surface area contributed by atoms with Gasteiger partial charge in [0, 0.05) is 24.7 Å². The minimum absolute atomic E-state index is 0.207. The summed E-state index contributed by atoms with van der Waals surface area (Å²) in [6.07, 6.45) is 1.81. The maximum absolute atomic E-state index is 12.9. The van der Waals surface area contributed by atoms with E-state index in [-0.39, 0.29) is 6.61 Å². The van der Waals surface area contributed by atoms with Crippen molar-refractivity contribution >= 4 is 17.2 Å². The predicted octanol–water partition coefficient (Wildman–Crippen LogP) is 1.73. The molecule has 1 aromatic heterocycles. The molecule has 0 fully saturated rings. The lowest BCUT2D eigenvalue weighted by molar-refractivity contribution is -0.120. The number of nitrogens with zero attached hydrogens (tertiary/aromatic N) is 2. The lowest BCUT2D eigenvalue weighted by Crippen LogP contribution is -2.16. The number of aromatic nitrogens is 1. The predicted molar refractivity (Wildman–Crippen MR) is 65.8 cm³/mol. The third kappa shape index (κ3) is 3.27. The van der Waals surface area contributed by atoms with Crippen LogP contribution in [0.5, 0.6) is 5.75 Å². The third-order valence-electron chi connectivity index (χ3n) is 2.14. The van der Waals surface area contributed by atoms with Gasteiger partial charge < -0.3 is 9.30 Å². The number of thiazole rings is 1. The average Bonchev–Trinajstić information content (AvgIpc) is 2.73. The van der Waals surface area contributed by atoms with Crippen LogP contribution in [0.1, 0.15) is 0 Å². The third-order valence-corrected chi connectivity index (χ3v) is 2.99. The Hall–Kier alpha value is -1.95. The molecule has 94 valence electrons. The van der Waals surface area contributed by atoms with E-state index in [0.29, 0.717) is 10.6 Å². The first-order valence-corrected chi connectivity index (χ1v) is 6.09. The summed E-state index contributed by atoms with van der Waals surface area (Å²) in [5.41, 5.74) is 0. The second kappa shape index (κ2) is 5.59. The zero-order chi connectivity index (χ0) is 13.0. The van der Waals surface area contributed by atoms with Crippen LogP contribution < -0.4 is 9.54 Å². The van der Waals surface area contributed by atoms with Gasteiger partial charge in [-0.1, -0.05) is 6.07 Å². The van der Waals surface area contributed by atoms with Crippen LogP contribution in [-0.4, -0.2) is 17.1 Å². The molecule has 0 unspecified atom stereocenters. The number of halogens is 1. The molecule has 0 saturated carbocycles. The van der Waals surface area contributed by atoms with Crippen molar-refractivity contribution in [1.29, 1.82) is 0 Å². The largest absolute Gasteiger partial charge is 0.484 e. The molecule has 18 heavy (non-hydrogen) atoms. The Labute approximate surface area is 107 Å². The average molecular weight is 266 g/mol. The Morgan fingerprint density at radius 1 is 1.56 bits per heavy atom. The number of aryl methyl sites for hydroxylation is 1. The number of amides is 1. The highest BCUT2D eigenvalue weighted by Gasteiger charge is 2.02. The Balaban J connectivity index is 1.99. The van der Waals surface area contributed by atoms with Crippen molar-refractivity contribution in [3.8, 4) is 5.75 Å². The maximum Gasteiger partial charge on any atom is 0.286 e. The van der Waals surface area contributed by atoms with E-state index in [1.54, 1.807) is 17.7 Å². The number of carbonyl (C=O) groups is 1. The summed E-state index contributed by atoms with van der Waals surface area (Å²) in [6, 6.07) is 5.64. The van der Waals surface area contributed by atoms with Crippen LogP contribution in [-0.2, 0) is 11.8 Å². The van der Waals surface area contributed by atoms with Crippen molar-refractivity contribution in [2.45, 2.75) is 0 Å². The van der Waals surface area contributed by atoms with Crippen LogP contribution >= 0.6 is 11.3 Å². The molecular weight excluding hydrogens is 255 g/mol. The number of hydrogen-bond acceptors (Lipinski definition) is 3. The van der Waals surface area contributed by atoms with Gasteiger partial charge in [0.05, 0.1) is 0 Å². The normalized spacial score (nSPS) is 11.6. The highest BCUT2D eigenvalue weighted by atomic mass is 32.1. The van der Waals surface area contributed by atoms with Gasteiger partial charge in [0.1, 0.15) is 11.6 Å². The highest BCUT2D eigenvalue weighted by Crippen LogP contribution is 2.11. The van der Waals surface area contributed by atoms with E-state index in [1.165, 1.54) is 29.5 Å². The standard InChI is InChI=1S/C12H11FN2O2S/c1-15-5-6-18-12(15)14-11(16)8-17-10-4-2-3-9(13)7-10/h2-7H,8H2,1H3. The summed E-state index contributed by atoms with van der Waals surface area (Å²) in [7, 11) is 1.80. The summed E-state index contributed by atoms with van der Waals surface area (Å²) in [5.74, 6) is -0.493. The van der Waals surface area contributed by atoms with Gasteiger partial charge in [-0.25, -0.2) is 4.39 Å². The topological polar surface area (TPSA) is 43.6 Å². The summed E-state index contributed by atoms with van der Waals surface area (Å²) >= 11 is 1.36. The fourth-order valence-electron chi connectivity index (χ4n) is 1.28. The Morgan fingerprint density at radius 3 is 3.06 bits per heavy atom. The van der Waals surface area contributed by atoms with Crippen LogP contribution in [0, 0.1) is 5.82 Å². The van der Waals surface area contributed by atoms with E-state index in [2.05, 4.69) is 4.99 Å². The fraction of sp³-hybridized carbons (Fsp3) is 0.167. The smallest absolute Gasteiger partial charge is 0.286 e. The zero-order valence-corrected chi connectivity index (χ0v) is 10.5. The maximum atomic E-state index is 12.9. The number of rotatable bonds is 3. The molecule has 0 bridgehead atoms. The van der Waals surface area contributed by atoms with E-state index in [1.807, 2.05) is 11.6 Å². The van der Waals surface area contributed by atoms with Crippen LogP contribution in [0.25, 0.3) is 0 Å². The monoisotopic (exact) mass is 266 g/mol. The molecule has 2 rings (SSSR count). The first-order chi connectivity index (χ1) is 8.65. The van der Waals surface area contributed by atoms with Crippen molar-refractivity contribution in [1.82, 2.24) is 4.57 Å². The summed E-state index contributed by atoms with van der Waals surface area (Å²) in [4.78, 5) is 16.0. The molecule has 0 aliphatic carbocycles. The molecule has 0 saturated heterocycles. The first kappa shape index (κ1) is 12.5. The van der Waals surface area contributed by atoms with Gasteiger partial charge >= 0.3 is 0 Å². The van der Waals surface area contributed by atoms with Gasteiger partial charge in [0.25, 0.3) is 5.91 Å². The minimum atomic E-state index is -0.405. The van der Waals surface area contributed by atoms with Crippen molar-refractivity contribution in [3.05, 3.63) is 46.5 Å². The second-order valence-corrected chi connectivity index (χ2v) is 4.42. The second-order valence-electron chi connectivity index (χ2n) is 3.55. The Bertz CT molecular complexity index is 618. The highest BCUT2D eigenvalue weighted by molar-refractivity contribution is 7.07. The van der Waals surface area contributed by atoms with Gasteiger partial charge in [-0.3, -0.25) is 4.79 Å². The van der Waals surface area contributed by atoms with Crippen molar-refractivity contribution in [3.63, 3.8) is 0 Å². The lowest BCUT2D eigenvalue weighted by Gasteiger charge is -2.02. The van der Waals surface area contributed by atoms with E-state index in [4.69, 9.17) is 4.74 Å². The van der Waals surface area contributed by atoms with Crippen LogP contribution in [0.3, 0.4) is 0 Å². The molecule has 0 aliphatic heterocycles. The Morgan fingerprint density at radius 2 is 2.39 bits per heavy atom. The molecule has 0 radical (unpaired) electrons.